The van der Waals surface area contributed by atoms with Gasteiger partial charge in [-0.3, -0.25) is 24.1 Å². The topological polar surface area (TPSA) is 148 Å². The lowest BCUT2D eigenvalue weighted by Gasteiger charge is -2.27. The van der Waals surface area contributed by atoms with Gasteiger partial charge < -0.3 is 34.9 Å². The van der Waals surface area contributed by atoms with Crippen LogP contribution >= 0.6 is 0 Å². The molecule has 4 atom stereocenters. The number of benzene rings is 2. The Morgan fingerprint density at radius 3 is 2.20 bits per heavy atom. The molecule has 0 saturated carbocycles. The Labute approximate surface area is 264 Å². The molecule has 12 heteroatoms. The van der Waals surface area contributed by atoms with Crippen LogP contribution in [0.3, 0.4) is 0 Å². The Morgan fingerprint density at radius 1 is 0.889 bits per heavy atom. The van der Waals surface area contributed by atoms with E-state index in [9.17, 15) is 19.2 Å². The number of ether oxygens (including phenoxy) is 4. The summed E-state index contributed by atoms with van der Waals surface area (Å²) in [6, 6.07) is 12.1. The number of nitrogens with zero attached hydrogens (tertiary/aromatic N) is 1. The van der Waals surface area contributed by atoms with E-state index >= 15 is 0 Å². The number of epoxide rings is 1. The maximum atomic E-state index is 13.9. The lowest BCUT2D eigenvalue weighted by atomic mass is 9.94. The molecule has 3 amide bonds. The number of ketones is 1. The molecule has 0 radical (unpaired) electrons. The Hall–Kier alpha value is -4.00. The number of hydrogen-bond acceptors (Lipinski definition) is 9. The average Bonchev–Trinajstić information content (AvgIpc) is 3.81. The predicted octanol–water partition coefficient (Wildman–Crippen LogP) is 1.04. The highest BCUT2D eigenvalue weighted by Crippen LogP contribution is 2.30. The first-order valence-corrected chi connectivity index (χ1v) is 15.2. The van der Waals surface area contributed by atoms with Crippen molar-refractivity contribution in [1.82, 2.24) is 20.9 Å². The van der Waals surface area contributed by atoms with E-state index in [0.717, 1.165) is 5.56 Å². The molecular weight excluding hydrogens is 580 g/mol. The second-order valence-electron chi connectivity index (χ2n) is 11.6. The maximum absolute atomic E-state index is 13.9. The lowest BCUT2D eigenvalue weighted by Crippen LogP contribution is -2.57. The quantitative estimate of drug-likeness (QED) is 0.233. The van der Waals surface area contributed by atoms with E-state index in [-0.39, 0.29) is 31.3 Å². The molecule has 2 fully saturated rings. The molecule has 0 aliphatic carbocycles. The Kier molecular flexibility index (Phi) is 11.9. The third kappa shape index (κ3) is 9.74. The summed E-state index contributed by atoms with van der Waals surface area (Å²) < 4.78 is 21.5. The van der Waals surface area contributed by atoms with Gasteiger partial charge in [-0.1, -0.05) is 36.4 Å². The summed E-state index contributed by atoms with van der Waals surface area (Å²) >= 11 is 0. The van der Waals surface area contributed by atoms with Crippen molar-refractivity contribution in [3.05, 3.63) is 59.7 Å². The number of Topliss-reactive ketones (excluding diaryl/α,β-unsaturated/α-hetero) is 1. The number of carbonyl (C=O) groups is 4. The van der Waals surface area contributed by atoms with Crippen molar-refractivity contribution in [1.29, 1.82) is 0 Å². The van der Waals surface area contributed by atoms with Gasteiger partial charge in [0, 0.05) is 19.5 Å². The molecule has 244 valence electrons. The average molecular weight is 625 g/mol. The van der Waals surface area contributed by atoms with Crippen LogP contribution in [0.5, 0.6) is 11.5 Å². The second kappa shape index (κ2) is 15.8. The number of nitrogens with one attached hydrogen (secondary N) is 3. The smallest absolute Gasteiger partial charge is 0.243 e. The fourth-order valence-electron chi connectivity index (χ4n) is 5.18. The van der Waals surface area contributed by atoms with Crippen LogP contribution in [0.1, 0.15) is 31.4 Å². The normalized spacial score (nSPS) is 19.8. The first kappa shape index (κ1) is 33.9. The van der Waals surface area contributed by atoms with Crippen LogP contribution in [0, 0.1) is 0 Å². The molecule has 0 spiro atoms. The minimum Gasteiger partial charge on any atom is -0.493 e. The number of rotatable bonds is 16. The predicted molar refractivity (Wildman–Crippen MR) is 166 cm³/mol. The minimum absolute atomic E-state index is 0.0970. The van der Waals surface area contributed by atoms with Gasteiger partial charge in [-0.05, 0) is 49.9 Å². The van der Waals surface area contributed by atoms with E-state index < -0.39 is 35.5 Å². The van der Waals surface area contributed by atoms with Crippen LogP contribution in [0.2, 0.25) is 0 Å². The SMILES string of the molecule is COc1ccc(C[C@H](NC(=O)[C@H](C)NC(=O)CN2CCOCC2)C(=O)N[C@@H](CCc2ccccc2)C(=O)[C@@]2(C)CO2)cc1OC. The number of methoxy groups -OCH3 is 2. The summed E-state index contributed by atoms with van der Waals surface area (Å²) in [5.41, 5.74) is 0.778. The molecule has 12 nitrogen and oxygen atoms in total. The van der Waals surface area contributed by atoms with Crippen LogP contribution in [-0.2, 0) is 41.5 Å². The second-order valence-corrected chi connectivity index (χ2v) is 11.6. The number of carbonyl (C=O) groups excluding carboxylic acids is 4. The lowest BCUT2D eigenvalue weighted by molar-refractivity contribution is -0.134. The molecule has 2 aromatic carbocycles. The van der Waals surface area contributed by atoms with Crippen molar-refractivity contribution in [2.75, 3.05) is 53.7 Å². The fourth-order valence-corrected chi connectivity index (χ4v) is 5.18. The van der Waals surface area contributed by atoms with Crippen LogP contribution in [0.15, 0.2) is 48.5 Å². The van der Waals surface area contributed by atoms with Gasteiger partial charge in [0.25, 0.3) is 0 Å². The van der Waals surface area contributed by atoms with Gasteiger partial charge in [0.1, 0.15) is 17.7 Å². The largest absolute Gasteiger partial charge is 0.493 e. The van der Waals surface area contributed by atoms with Crippen molar-refractivity contribution >= 4 is 23.5 Å². The van der Waals surface area contributed by atoms with Gasteiger partial charge >= 0.3 is 0 Å². The molecule has 0 aromatic heterocycles. The molecule has 3 N–H and O–H groups in total. The summed E-state index contributed by atoms with van der Waals surface area (Å²) in [5.74, 6) is -0.584. The Balaban J connectivity index is 1.49. The van der Waals surface area contributed by atoms with E-state index in [1.165, 1.54) is 14.2 Å². The molecule has 45 heavy (non-hydrogen) atoms. The Bertz CT molecular complexity index is 1330. The number of hydrogen-bond donors (Lipinski definition) is 3. The summed E-state index contributed by atoms with van der Waals surface area (Å²) in [4.78, 5) is 55.2. The molecular formula is C33H44N4O8. The third-order valence-electron chi connectivity index (χ3n) is 8.06. The highest BCUT2D eigenvalue weighted by Gasteiger charge is 2.50. The Morgan fingerprint density at radius 2 is 1.56 bits per heavy atom. The van der Waals surface area contributed by atoms with Crippen LogP contribution < -0.4 is 25.4 Å². The van der Waals surface area contributed by atoms with E-state index in [0.29, 0.717) is 56.2 Å². The third-order valence-corrected chi connectivity index (χ3v) is 8.06. The zero-order valence-electron chi connectivity index (χ0n) is 26.4. The van der Waals surface area contributed by atoms with Crippen molar-refractivity contribution in [2.24, 2.45) is 0 Å². The summed E-state index contributed by atoms with van der Waals surface area (Å²) in [6.45, 7) is 6.08. The highest BCUT2D eigenvalue weighted by molar-refractivity contribution is 5.98. The van der Waals surface area contributed by atoms with E-state index in [2.05, 4.69) is 16.0 Å². The van der Waals surface area contributed by atoms with Gasteiger partial charge in [-0.2, -0.15) is 0 Å². The van der Waals surface area contributed by atoms with Crippen molar-refractivity contribution in [3.8, 4) is 11.5 Å². The molecule has 2 aliphatic heterocycles. The molecule has 4 rings (SSSR count). The molecule has 0 unspecified atom stereocenters. The van der Waals surface area contributed by atoms with E-state index in [4.69, 9.17) is 18.9 Å². The summed E-state index contributed by atoms with van der Waals surface area (Å²) in [5, 5.41) is 8.42. The molecule has 2 heterocycles. The van der Waals surface area contributed by atoms with Gasteiger partial charge in [0.15, 0.2) is 17.3 Å². The first-order valence-electron chi connectivity index (χ1n) is 15.2. The van der Waals surface area contributed by atoms with Crippen molar-refractivity contribution in [2.45, 2.75) is 56.8 Å². The van der Waals surface area contributed by atoms with Crippen molar-refractivity contribution < 1.29 is 38.1 Å². The minimum atomic E-state index is -1.06. The number of morpholine rings is 1. The highest BCUT2D eigenvalue weighted by atomic mass is 16.6. The molecule has 2 saturated heterocycles. The summed E-state index contributed by atoms with van der Waals surface area (Å²) in [7, 11) is 3.04. The van der Waals surface area contributed by atoms with E-state index in [1.807, 2.05) is 35.2 Å². The zero-order chi connectivity index (χ0) is 32.4. The molecule has 2 aromatic rings. The van der Waals surface area contributed by atoms with Crippen LogP contribution in [0.25, 0.3) is 0 Å². The number of aryl methyl sites for hydroxylation is 1. The first-order chi connectivity index (χ1) is 21.6. The van der Waals surface area contributed by atoms with Crippen LogP contribution in [0.4, 0.5) is 0 Å². The molecule has 2 aliphatic rings. The standard InChI is InChI=1S/C33H44N4O8/c1-22(34-29(38)20-37-14-16-44-17-15-37)31(40)36-26(18-24-11-13-27(42-3)28(19-24)43-4)32(41)35-25(30(39)33(2)21-45-33)12-10-23-8-6-5-7-9-23/h5-9,11,13,19,22,25-26H,10,12,14-18,20-21H2,1-4H3,(H,34,38)(H,35,41)(H,36,40)/t22-,25-,26-,33+/m0/s1. The molecule has 0 bridgehead atoms. The van der Waals surface area contributed by atoms with E-state index in [1.54, 1.807) is 32.0 Å². The number of amides is 3. The van der Waals surface area contributed by atoms with Crippen molar-refractivity contribution in [3.63, 3.8) is 0 Å². The summed E-state index contributed by atoms with van der Waals surface area (Å²) in [6.07, 6.45) is 1.02. The van der Waals surface area contributed by atoms with Crippen LogP contribution in [-0.4, -0.2) is 106 Å². The van der Waals surface area contributed by atoms with Gasteiger partial charge in [-0.25, -0.2) is 0 Å². The zero-order valence-corrected chi connectivity index (χ0v) is 26.4. The maximum Gasteiger partial charge on any atom is 0.243 e. The van der Waals surface area contributed by atoms with Gasteiger partial charge in [0.2, 0.25) is 17.7 Å². The monoisotopic (exact) mass is 624 g/mol. The van der Waals surface area contributed by atoms with Gasteiger partial charge in [-0.15, -0.1) is 0 Å². The van der Waals surface area contributed by atoms with Gasteiger partial charge in [0.05, 0.1) is 46.6 Å². The fraction of sp³-hybridized carbons (Fsp3) is 0.515.